The average Bonchev–Trinajstić information content (AvgIpc) is 2.83. The van der Waals surface area contributed by atoms with E-state index in [0.717, 1.165) is 0 Å². The third-order valence-corrected chi connectivity index (χ3v) is 5.30. The molecule has 0 radical (unpaired) electrons. The normalized spacial score (nSPS) is 14.0. The fraction of sp³-hybridized carbons (Fsp3) is 0.667. The van der Waals surface area contributed by atoms with E-state index < -0.39 is 67.9 Å². The monoisotopic (exact) mass is 617 g/mol. The first kappa shape index (κ1) is 35.0. The molecule has 0 fully saturated rings. The van der Waals surface area contributed by atoms with E-state index >= 15 is 0 Å². The third kappa shape index (κ3) is 7.80. The number of hydrogen-bond acceptors (Lipinski definition) is 3. The smallest absolute Gasteiger partial charge is 0.372 e. The van der Waals surface area contributed by atoms with Crippen LogP contribution in [0.4, 0.5) is 57.1 Å². The maximum Gasteiger partial charge on any atom is 0.460 e. The predicted molar refractivity (Wildman–Crippen MR) is 109 cm³/mol. The van der Waals surface area contributed by atoms with Gasteiger partial charge in [0.25, 0.3) is 5.91 Å². The van der Waals surface area contributed by atoms with Crippen LogP contribution < -0.4 is 0 Å². The first-order chi connectivity index (χ1) is 17.7. The zero-order valence-corrected chi connectivity index (χ0v) is 20.3. The summed E-state index contributed by atoms with van der Waals surface area (Å²) >= 11 is 5.44. The molecule has 1 aromatic rings. The van der Waals surface area contributed by atoms with Crippen molar-refractivity contribution in [1.29, 1.82) is 0 Å². The van der Waals surface area contributed by atoms with E-state index in [4.69, 9.17) is 21.2 Å². The van der Waals surface area contributed by atoms with Gasteiger partial charge in [-0.2, -0.15) is 57.1 Å². The van der Waals surface area contributed by atoms with Crippen molar-refractivity contribution in [3.05, 3.63) is 35.9 Å². The number of hydroxylamine groups is 2. The molecule has 4 nitrogen and oxygen atoms in total. The molecule has 1 rings (SSSR count). The number of halogens is 14. The van der Waals surface area contributed by atoms with Gasteiger partial charge in [0.1, 0.15) is 13.2 Å². The van der Waals surface area contributed by atoms with Crippen molar-refractivity contribution in [1.82, 2.24) is 5.06 Å². The van der Waals surface area contributed by atoms with Crippen LogP contribution in [-0.2, 0) is 21.0 Å². The van der Waals surface area contributed by atoms with Gasteiger partial charge in [0.15, 0.2) is 0 Å². The van der Waals surface area contributed by atoms with Crippen LogP contribution in [0.15, 0.2) is 30.3 Å². The van der Waals surface area contributed by atoms with Crippen LogP contribution in [-0.4, -0.2) is 72.4 Å². The molecule has 0 atom stereocenters. The number of benzene rings is 1. The number of carbonyl (C=O) groups is 1. The summed E-state index contributed by atoms with van der Waals surface area (Å²) in [6.07, 6.45) is -9.34. The Labute approximate surface area is 217 Å². The first-order valence-corrected chi connectivity index (χ1v) is 11.3. The van der Waals surface area contributed by atoms with Crippen LogP contribution in [0.3, 0.4) is 0 Å². The van der Waals surface area contributed by atoms with Gasteiger partial charge in [-0.1, -0.05) is 30.3 Å². The number of rotatable bonds is 16. The van der Waals surface area contributed by atoms with Gasteiger partial charge in [-0.3, -0.25) is 9.63 Å². The lowest BCUT2D eigenvalue weighted by molar-refractivity contribution is -0.440. The van der Waals surface area contributed by atoms with Crippen molar-refractivity contribution < 1.29 is 71.4 Å². The fourth-order valence-corrected chi connectivity index (χ4v) is 2.91. The zero-order valence-electron chi connectivity index (χ0n) is 19.5. The van der Waals surface area contributed by atoms with Crippen LogP contribution in [0.5, 0.6) is 0 Å². The van der Waals surface area contributed by atoms with E-state index in [1.807, 2.05) is 0 Å². The molecule has 0 aromatic heterocycles. The second kappa shape index (κ2) is 13.1. The van der Waals surface area contributed by atoms with Gasteiger partial charge in [-0.25, -0.2) is 5.06 Å². The molecule has 0 aliphatic heterocycles. The molecular formula is C21H21ClF13NO3. The zero-order chi connectivity index (χ0) is 30.3. The van der Waals surface area contributed by atoms with Crippen molar-refractivity contribution in [3.8, 4) is 0 Å². The molecular weight excluding hydrogens is 597 g/mol. The minimum absolute atomic E-state index is 0.0425. The Balaban J connectivity index is 3.14. The summed E-state index contributed by atoms with van der Waals surface area (Å²) in [5, 5.41) is -0.0425. The highest BCUT2D eigenvalue weighted by molar-refractivity contribution is 6.17. The van der Waals surface area contributed by atoms with Gasteiger partial charge in [0, 0.05) is 18.9 Å². The lowest BCUT2D eigenvalue weighted by atomic mass is 9.92. The number of alkyl halides is 14. The van der Waals surface area contributed by atoms with Gasteiger partial charge in [0.2, 0.25) is 0 Å². The SMILES string of the molecule is O=C(COCCCCCl)N(CCC(F)(F)C(F)(F)C(F)(F)C(F)(F)C(F)(F)C(F)(F)F)OCc1ccccc1. The number of carbonyl (C=O) groups excluding carboxylic acids is 1. The summed E-state index contributed by atoms with van der Waals surface area (Å²) in [6, 6.07) is 7.29. The molecule has 0 spiro atoms. The van der Waals surface area contributed by atoms with Crippen LogP contribution in [0, 0.1) is 0 Å². The summed E-state index contributed by atoms with van der Waals surface area (Å²) in [5.41, 5.74) is 0.288. The molecule has 1 amide bonds. The number of hydrogen-bond donors (Lipinski definition) is 0. The minimum atomic E-state index is -8.00. The van der Waals surface area contributed by atoms with Crippen molar-refractivity contribution in [2.24, 2.45) is 0 Å². The maximum absolute atomic E-state index is 14.2. The van der Waals surface area contributed by atoms with E-state index in [0.29, 0.717) is 12.8 Å². The molecule has 39 heavy (non-hydrogen) atoms. The maximum atomic E-state index is 14.2. The summed E-state index contributed by atoms with van der Waals surface area (Å²) in [6.45, 7) is -3.29. The van der Waals surface area contributed by atoms with Crippen LogP contribution in [0.1, 0.15) is 24.8 Å². The van der Waals surface area contributed by atoms with Crippen molar-refractivity contribution >= 4 is 17.5 Å². The Morgan fingerprint density at radius 3 is 1.82 bits per heavy atom. The lowest BCUT2D eigenvalue weighted by Crippen LogP contribution is -2.70. The van der Waals surface area contributed by atoms with Crippen LogP contribution in [0.2, 0.25) is 0 Å². The van der Waals surface area contributed by atoms with E-state index in [1.165, 1.54) is 24.3 Å². The molecule has 0 saturated heterocycles. The lowest BCUT2D eigenvalue weighted by Gasteiger charge is -2.40. The van der Waals surface area contributed by atoms with Gasteiger partial charge < -0.3 is 4.74 Å². The predicted octanol–water partition coefficient (Wildman–Crippen LogP) is 7.11. The van der Waals surface area contributed by atoms with Crippen LogP contribution >= 0.6 is 11.6 Å². The third-order valence-electron chi connectivity index (χ3n) is 5.03. The molecule has 18 heteroatoms. The Hall–Kier alpha value is -2.01. The number of nitrogens with zero attached hydrogens (tertiary/aromatic N) is 1. The molecule has 0 saturated carbocycles. The number of ether oxygens (including phenoxy) is 1. The number of amides is 1. The van der Waals surface area contributed by atoms with Gasteiger partial charge in [-0.05, 0) is 18.4 Å². The van der Waals surface area contributed by atoms with E-state index in [9.17, 15) is 61.9 Å². The molecule has 0 N–H and O–H groups in total. The molecule has 1 aromatic carbocycles. The molecule has 226 valence electrons. The Morgan fingerprint density at radius 2 is 1.31 bits per heavy atom. The van der Waals surface area contributed by atoms with Crippen molar-refractivity contribution in [2.45, 2.75) is 61.7 Å². The van der Waals surface area contributed by atoms with E-state index in [-0.39, 0.29) is 23.1 Å². The highest BCUT2D eigenvalue weighted by Gasteiger charge is 2.90. The summed E-state index contributed by atoms with van der Waals surface area (Å²) in [4.78, 5) is 17.2. The molecule has 0 aliphatic rings. The van der Waals surface area contributed by atoms with E-state index in [1.54, 1.807) is 6.07 Å². The van der Waals surface area contributed by atoms with Gasteiger partial charge >= 0.3 is 35.8 Å². The van der Waals surface area contributed by atoms with Crippen molar-refractivity contribution in [3.63, 3.8) is 0 Å². The molecule has 0 heterocycles. The highest BCUT2D eigenvalue weighted by Crippen LogP contribution is 2.60. The standard InChI is InChI=1S/C21H21ClF13NO3/c22-9-4-5-11-38-13-15(37)36(39-12-14-6-2-1-3-7-14)10-8-16(23,24)17(25,26)18(27,28)19(29,30)20(31,32)21(33,34)35/h1-3,6-7H,4-5,8-13H2. The van der Waals surface area contributed by atoms with Crippen molar-refractivity contribution in [2.75, 3.05) is 25.6 Å². The minimum Gasteiger partial charge on any atom is -0.372 e. The quantitative estimate of drug-likeness (QED) is 0.0859. The van der Waals surface area contributed by atoms with Gasteiger partial charge in [-0.15, -0.1) is 11.6 Å². The second-order valence-corrected chi connectivity index (χ2v) is 8.33. The summed E-state index contributed by atoms with van der Waals surface area (Å²) in [7, 11) is 0. The Morgan fingerprint density at radius 1 is 0.769 bits per heavy atom. The Kier molecular flexibility index (Phi) is 11.8. The van der Waals surface area contributed by atoms with Gasteiger partial charge in [0.05, 0.1) is 6.54 Å². The molecule has 0 unspecified atom stereocenters. The highest BCUT2D eigenvalue weighted by atomic mass is 35.5. The average molecular weight is 618 g/mol. The topological polar surface area (TPSA) is 38.8 Å². The first-order valence-electron chi connectivity index (χ1n) is 10.7. The van der Waals surface area contributed by atoms with Crippen LogP contribution in [0.25, 0.3) is 0 Å². The molecule has 0 bridgehead atoms. The largest absolute Gasteiger partial charge is 0.460 e. The Bertz CT molecular complexity index is 914. The summed E-state index contributed by atoms with van der Waals surface area (Å²) in [5.74, 6) is -38.6. The molecule has 0 aliphatic carbocycles. The fourth-order valence-electron chi connectivity index (χ4n) is 2.72. The second-order valence-electron chi connectivity index (χ2n) is 7.95. The summed E-state index contributed by atoms with van der Waals surface area (Å²) < 4.78 is 178. The number of unbranched alkanes of at least 4 members (excludes halogenated alkanes) is 1. The van der Waals surface area contributed by atoms with E-state index in [2.05, 4.69) is 0 Å².